The van der Waals surface area contributed by atoms with Crippen molar-refractivity contribution >= 4 is 17.6 Å². The van der Waals surface area contributed by atoms with Crippen molar-refractivity contribution in [3.63, 3.8) is 0 Å². The second kappa shape index (κ2) is 10.0. The first kappa shape index (κ1) is 19.2. The van der Waals surface area contributed by atoms with Crippen molar-refractivity contribution in [2.24, 2.45) is 5.73 Å². The summed E-state index contributed by atoms with van der Waals surface area (Å²) in [5.74, 6) is -0.785. The number of hydrogen-bond donors (Lipinski definition) is 3. The average molecular weight is 336 g/mol. The minimum Gasteiger partial charge on any atom is -0.479 e. The van der Waals surface area contributed by atoms with Gasteiger partial charge in [-0.1, -0.05) is 61.0 Å². The van der Waals surface area contributed by atoms with Gasteiger partial charge in [0.15, 0.2) is 6.10 Å². The quantitative estimate of drug-likeness (QED) is 0.784. The van der Waals surface area contributed by atoms with E-state index in [0.717, 1.165) is 10.6 Å². The van der Waals surface area contributed by atoms with E-state index in [4.69, 9.17) is 27.5 Å². The number of aliphatic hydroxyl groups is 1. The smallest absolute Gasteiger partial charge is 0.332 e. The van der Waals surface area contributed by atoms with Gasteiger partial charge in [0.05, 0.1) is 0 Å². The molecule has 2 atom stereocenters. The van der Waals surface area contributed by atoms with Crippen LogP contribution in [0.25, 0.3) is 0 Å². The number of rotatable bonds is 5. The van der Waals surface area contributed by atoms with Crippen LogP contribution in [-0.4, -0.2) is 28.8 Å². The normalized spacial score (nSPS) is 12.7. The summed E-state index contributed by atoms with van der Waals surface area (Å²) in [7, 11) is 0. The van der Waals surface area contributed by atoms with E-state index < -0.39 is 12.1 Å². The van der Waals surface area contributed by atoms with Crippen molar-refractivity contribution in [1.82, 2.24) is 0 Å². The zero-order valence-corrected chi connectivity index (χ0v) is 13.8. The molecule has 0 aliphatic carbocycles. The van der Waals surface area contributed by atoms with Crippen molar-refractivity contribution in [2.75, 3.05) is 6.54 Å². The van der Waals surface area contributed by atoms with Crippen LogP contribution in [0.1, 0.15) is 24.0 Å². The molecule has 0 amide bonds. The largest absolute Gasteiger partial charge is 0.479 e. The number of carboxylic acids is 1. The molecule has 0 aromatic heterocycles. The Morgan fingerprint density at radius 3 is 2.35 bits per heavy atom. The molecule has 2 aromatic rings. The van der Waals surface area contributed by atoms with E-state index in [0.29, 0.717) is 12.5 Å². The summed E-state index contributed by atoms with van der Waals surface area (Å²) in [5, 5.41) is 18.2. The first-order valence-electron chi connectivity index (χ1n) is 7.34. The average Bonchev–Trinajstić information content (AvgIpc) is 2.55. The molecule has 2 aromatic carbocycles. The van der Waals surface area contributed by atoms with E-state index in [2.05, 4.69) is 6.92 Å². The van der Waals surface area contributed by atoms with Gasteiger partial charge < -0.3 is 15.9 Å². The Morgan fingerprint density at radius 2 is 1.83 bits per heavy atom. The maximum atomic E-state index is 10.3. The predicted octanol–water partition coefficient (Wildman–Crippen LogP) is 3.08. The highest BCUT2D eigenvalue weighted by molar-refractivity contribution is 6.30. The second-order valence-electron chi connectivity index (χ2n) is 5.24. The fourth-order valence-corrected chi connectivity index (χ4v) is 2.07. The van der Waals surface area contributed by atoms with Gasteiger partial charge in [-0.3, -0.25) is 0 Å². The lowest BCUT2D eigenvalue weighted by molar-refractivity contribution is -0.146. The molecule has 4 N–H and O–H groups in total. The van der Waals surface area contributed by atoms with Gasteiger partial charge in [-0.05, 0) is 35.7 Å². The first-order valence-corrected chi connectivity index (χ1v) is 7.72. The number of carboxylic acid groups (broad SMARTS) is 1. The predicted molar refractivity (Wildman–Crippen MR) is 92.7 cm³/mol. The molecule has 0 saturated heterocycles. The minimum atomic E-state index is -1.30. The fraction of sp³-hybridized carbons (Fsp3) is 0.278. The summed E-state index contributed by atoms with van der Waals surface area (Å²) < 4.78 is 0. The maximum absolute atomic E-state index is 10.3. The molecule has 0 radical (unpaired) electrons. The van der Waals surface area contributed by atoms with Crippen LogP contribution in [0, 0.1) is 0 Å². The zero-order valence-electron chi connectivity index (χ0n) is 13.0. The van der Waals surface area contributed by atoms with Gasteiger partial charge in [0.1, 0.15) is 0 Å². The molecule has 5 heteroatoms. The van der Waals surface area contributed by atoms with Crippen molar-refractivity contribution in [2.45, 2.75) is 25.4 Å². The lowest BCUT2D eigenvalue weighted by Gasteiger charge is -2.07. The van der Waals surface area contributed by atoms with E-state index in [-0.39, 0.29) is 6.42 Å². The molecular weight excluding hydrogens is 314 g/mol. The molecule has 4 nitrogen and oxygen atoms in total. The SMILES string of the molecule is C[C@@H](CN)c1cccc(Cl)c1.O=C(O)[C@@H](O)Cc1ccccc1. The fourth-order valence-electron chi connectivity index (χ4n) is 1.87. The lowest BCUT2D eigenvalue weighted by Crippen LogP contribution is -2.21. The summed E-state index contributed by atoms with van der Waals surface area (Å²) >= 11 is 5.81. The van der Waals surface area contributed by atoms with Crippen molar-refractivity contribution < 1.29 is 15.0 Å². The Morgan fingerprint density at radius 1 is 1.17 bits per heavy atom. The van der Waals surface area contributed by atoms with Crippen LogP contribution in [0.5, 0.6) is 0 Å². The topological polar surface area (TPSA) is 83.6 Å². The third-order valence-electron chi connectivity index (χ3n) is 3.33. The van der Waals surface area contributed by atoms with Gasteiger partial charge in [0, 0.05) is 11.4 Å². The van der Waals surface area contributed by atoms with Gasteiger partial charge >= 0.3 is 5.97 Å². The Kier molecular flexibility index (Phi) is 8.33. The van der Waals surface area contributed by atoms with Crippen LogP contribution in [-0.2, 0) is 11.2 Å². The Bertz CT molecular complexity index is 604. The molecule has 0 fully saturated rings. The number of benzene rings is 2. The highest BCUT2D eigenvalue weighted by Gasteiger charge is 2.12. The molecule has 0 unspecified atom stereocenters. The summed E-state index contributed by atoms with van der Waals surface area (Å²) in [6.07, 6.45) is -1.14. The highest BCUT2D eigenvalue weighted by Crippen LogP contribution is 2.17. The van der Waals surface area contributed by atoms with Gasteiger partial charge in [0.25, 0.3) is 0 Å². The summed E-state index contributed by atoms with van der Waals surface area (Å²) in [6.45, 7) is 2.76. The van der Waals surface area contributed by atoms with Gasteiger partial charge in [-0.2, -0.15) is 0 Å². The number of aliphatic carboxylic acids is 1. The van der Waals surface area contributed by atoms with E-state index in [1.807, 2.05) is 42.5 Å². The van der Waals surface area contributed by atoms with Crippen LogP contribution in [0.4, 0.5) is 0 Å². The van der Waals surface area contributed by atoms with Gasteiger partial charge in [0.2, 0.25) is 0 Å². The van der Waals surface area contributed by atoms with Crippen LogP contribution < -0.4 is 5.73 Å². The van der Waals surface area contributed by atoms with E-state index in [9.17, 15) is 4.79 Å². The molecular formula is C18H22ClNO3. The number of carbonyl (C=O) groups is 1. The Hall–Kier alpha value is -1.88. The first-order chi connectivity index (χ1) is 10.9. The third kappa shape index (κ3) is 7.28. The molecule has 0 heterocycles. The number of hydrogen-bond acceptors (Lipinski definition) is 3. The van der Waals surface area contributed by atoms with E-state index in [1.54, 1.807) is 12.1 Å². The second-order valence-corrected chi connectivity index (χ2v) is 5.67. The minimum absolute atomic E-state index is 0.163. The molecule has 0 bridgehead atoms. The number of aliphatic hydroxyl groups excluding tert-OH is 1. The molecule has 0 spiro atoms. The van der Waals surface area contributed by atoms with E-state index in [1.165, 1.54) is 5.56 Å². The van der Waals surface area contributed by atoms with Crippen LogP contribution in [0.2, 0.25) is 5.02 Å². The van der Waals surface area contributed by atoms with Crippen molar-refractivity contribution in [3.05, 3.63) is 70.7 Å². The molecule has 0 saturated carbocycles. The molecule has 0 aliphatic heterocycles. The zero-order chi connectivity index (χ0) is 17.2. The van der Waals surface area contributed by atoms with Crippen LogP contribution >= 0.6 is 11.6 Å². The van der Waals surface area contributed by atoms with E-state index >= 15 is 0 Å². The lowest BCUT2D eigenvalue weighted by atomic mass is 10.0. The molecule has 2 rings (SSSR count). The Balaban J connectivity index is 0.000000231. The third-order valence-corrected chi connectivity index (χ3v) is 3.56. The highest BCUT2D eigenvalue weighted by atomic mass is 35.5. The van der Waals surface area contributed by atoms with Gasteiger partial charge in [-0.15, -0.1) is 0 Å². The molecule has 124 valence electrons. The summed E-state index contributed by atoms with van der Waals surface area (Å²) in [4.78, 5) is 10.3. The number of halogens is 1. The van der Waals surface area contributed by atoms with Crippen LogP contribution in [0.15, 0.2) is 54.6 Å². The van der Waals surface area contributed by atoms with Crippen molar-refractivity contribution in [3.8, 4) is 0 Å². The summed E-state index contributed by atoms with van der Waals surface area (Å²) in [5.41, 5.74) is 7.55. The summed E-state index contributed by atoms with van der Waals surface area (Å²) in [6, 6.07) is 16.9. The number of nitrogens with two attached hydrogens (primary N) is 1. The standard InChI is InChI=1S/C9H12ClN.C9H10O3/c1-7(6-11)8-3-2-4-9(10)5-8;10-8(9(11)12)6-7-4-2-1-3-5-7/h2-5,7H,6,11H2,1H3;1-5,8,10H,6H2,(H,11,12)/t7-;8-/m00/s1. The van der Waals surface area contributed by atoms with Crippen molar-refractivity contribution in [1.29, 1.82) is 0 Å². The van der Waals surface area contributed by atoms with Gasteiger partial charge in [-0.25, -0.2) is 4.79 Å². The maximum Gasteiger partial charge on any atom is 0.332 e. The van der Waals surface area contributed by atoms with Crippen LogP contribution in [0.3, 0.4) is 0 Å². The monoisotopic (exact) mass is 335 g/mol. The Labute approximate surface area is 141 Å². The molecule has 23 heavy (non-hydrogen) atoms. The molecule has 0 aliphatic rings.